The number of furan rings is 1. The third kappa shape index (κ3) is 3.26. The van der Waals surface area contributed by atoms with Crippen LogP contribution in [0.25, 0.3) is 0 Å². The van der Waals surface area contributed by atoms with Gasteiger partial charge in [0.2, 0.25) is 5.88 Å². The summed E-state index contributed by atoms with van der Waals surface area (Å²) in [6, 6.07) is 9.46. The molecule has 0 spiro atoms. The van der Waals surface area contributed by atoms with Crippen molar-refractivity contribution in [3.05, 3.63) is 80.0 Å². The molecule has 2 aromatic heterocycles. The van der Waals surface area contributed by atoms with E-state index in [1.165, 1.54) is 38.5 Å². The number of halogens is 1. The fourth-order valence-electron chi connectivity index (χ4n) is 2.88. The number of aromatic hydroxyl groups is 1. The molecule has 8 heteroatoms. The molecule has 0 bridgehead atoms. The summed E-state index contributed by atoms with van der Waals surface area (Å²) in [6.07, 6.45) is 1.42. The van der Waals surface area contributed by atoms with Gasteiger partial charge in [-0.2, -0.15) is 5.26 Å². The lowest BCUT2D eigenvalue weighted by molar-refractivity contribution is 0.103. The first kappa shape index (κ1) is 19.3. The van der Waals surface area contributed by atoms with E-state index in [0.717, 1.165) is 4.57 Å². The Labute approximate surface area is 165 Å². The number of methoxy groups -OCH3 is 1. The number of rotatable bonds is 5. The van der Waals surface area contributed by atoms with Crippen molar-refractivity contribution in [1.82, 2.24) is 4.57 Å². The van der Waals surface area contributed by atoms with Crippen molar-refractivity contribution in [2.45, 2.75) is 13.5 Å². The minimum atomic E-state index is -0.710. The van der Waals surface area contributed by atoms with Crippen molar-refractivity contribution < 1.29 is 19.1 Å². The molecule has 0 unspecified atom stereocenters. The maximum absolute atomic E-state index is 13.1. The van der Waals surface area contributed by atoms with Crippen molar-refractivity contribution >= 4 is 17.4 Å². The van der Waals surface area contributed by atoms with Crippen LogP contribution in [-0.4, -0.2) is 22.6 Å². The lowest BCUT2D eigenvalue weighted by Crippen LogP contribution is -2.27. The average molecular weight is 399 g/mol. The number of ether oxygens (including phenoxy) is 1. The van der Waals surface area contributed by atoms with Gasteiger partial charge in [-0.15, -0.1) is 0 Å². The zero-order valence-corrected chi connectivity index (χ0v) is 15.8. The van der Waals surface area contributed by atoms with Crippen LogP contribution in [0, 0.1) is 18.3 Å². The number of benzene rings is 1. The van der Waals surface area contributed by atoms with E-state index in [1.807, 2.05) is 6.07 Å². The zero-order chi connectivity index (χ0) is 20.4. The SMILES string of the molecule is COc1ccc(C(=O)c2c(C)c(C#N)c(=O)n(Cc3ccco3)c2O)cc1Cl. The Kier molecular flexibility index (Phi) is 5.25. The van der Waals surface area contributed by atoms with Crippen molar-refractivity contribution in [3.63, 3.8) is 0 Å². The number of aromatic nitrogens is 1. The first-order valence-electron chi connectivity index (χ1n) is 8.16. The largest absolute Gasteiger partial charge is 0.495 e. The molecule has 3 rings (SSSR count). The van der Waals surface area contributed by atoms with E-state index < -0.39 is 17.2 Å². The molecule has 1 N–H and O–H groups in total. The van der Waals surface area contributed by atoms with Crippen LogP contribution in [0.5, 0.6) is 11.6 Å². The number of carbonyl (C=O) groups excluding carboxylic acids is 1. The predicted octanol–water partition coefficient (Wildman–Crippen LogP) is 3.27. The van der Waals surface area contributed by atoms with Gasteiger partial charge in [-0.1, -0.05) is 11.6 Å². The highest BCUT2D eigenvalue weighted by atomic mass is 35.5. The maximum Gasteiger partial charge on any atom is 0.271 e. The maximum atomic E-state index is 13.1. The molecule has 142 valence electrons. The summed E-state index contributed by atoms with van der Waals surface area (Å²) < 4.78 is 11.2. The number of hydrogen-bond acceptors (Lipinski definition) is 6. The van der Waals surface area contributed by atoms with E-state index in [-0.39, 0.29) is 33.8 Å². The molecule has 0 atom stereocenters. The van der Waals surface area contributed by atoms with Gasteiger partial charge >= 0.3 is 0 Å². The highest BCUT2D eigenvalue weighted by molar-refractivity contribution is 6.32. The average Bonchev–Trinajstić information content (AvgIpc) is 3.18. The topological polar surface area (TPSA) is 105 Å². The first-order valence-corrected chi connectivity index (χ1v) is 8.53. The molecule has 1 aromatic carbocycles. The molecule has 0 aliphatic carbocycles. The van der Waals surface area contributed by atoms with Crippen molar-refractivity contribution in [2.24, 2.45) is 0 Å². The number of ketones is 1. The summed E-state index contributed by atoms with van der Waals surface area (Å²) in [5.74, 6) is -0.352. The van der Waals surface area contributed by atoms with Gasteiger partial charge in [0, 0.05) is 5.56 Å². The van der Waals surface area contributed by atoms with Gasteiger partial charge in [0.15, 0.2) is 5.78 Å². The summed E-state index contributed by atoms with van der Waals surface area (Å²) in [6.45, 7) is 1.31. The third-order valence-electron chi connectivity index (χ3n) is 4.34. The van der Waals surface area contributed by atoms with Crippen LogP contribution >= 0.6 is 11.6 Å². The highest BCUT2D eigenvalue weighted by Gasteiger charge is 2.25. The second-order valence-corrected chi connectivity index (χ2v) is 6.37. The van der Waals surface area contributed by atoms with Crippen LogP contribution in [0.1, 0.15) is 32.8 Å². The van der Waals surface area contributed by atoms with E-state index in [9.17, 15) is 20.0 Å². The highest BCUT2D eigenvalue weighted by Crippen LogP contribution is 2.29. The second kappa shape index (κ2) is 7.62. The Bertz CT molecular complexity index is 1160. The quantitative estimate of drug-likeness (QED) is 0.661. The number of nitriles is 1. The van der Waals surface area contributed by atoms with E-state index in [4.69, 9.17) is 20.8 Å². The monoisotopic (exact) mass is 398 g/mol. The second-order valence-electron chi connectivity index (χ2n) is 5.96. The molecule has 0 aliphatic heterocycles. The lowest BCUT2D eigenvalue weighted by Gasteiger charge is -2.15. The van der Waals surface area contributed by atoms with Crippen molar-refractivity contribution in [2.75, 3.05) is 7.11 Å². The van der Waals surface area contributed by atoms with Gasteiger partial charge < -0.3 is 14.3 Å². The third-order valence-corrected chi connectivity index (χ3v) is 4.63. The Morgan fingerprint density at radius 1 is 1.39 bits per heavy atom. The minimum absolute atomic E-state index is 0.0950. The van der Waals surface area contributed by atoms with Crippen LogP contribution in [0.3, 0.4) is 0 Å². The molecule has 0 saturated heterocycles. The molecule has 0 saturated carbocycles. The molecule has 0 aliphatic rings. The molecule has 0 amide bonds. The minimum Gasteiger partial charge on any atom is -0.495 e. The normalized spacial score (nSPS) is 10.5. The van der Waals surface area contributed by atoms with Crippen LogP contribution in [0.2, 0.25) is 5.02 Å². The van der Waals surface area contributed by atoms with Crippen molar-refractivity contribution in [1.29, 1.82) is 5.26 Å². The van der Waals surface area contributed by atoms with Crippen LogP contribution in [-0.2, 0) is 6.54 Å². The van der Waals surface area contributed by atoms with E-state index >= 15 is 0 Å². The summed E-state index contributed by atoms with van der Waals surface area (Å²) in [5.41, 5.74) is -0.816. The number of carbonyl (C=O) groups is 1. The number of nitrogens with zero attached hydrogens (tertiary/aromatic N) is 2. The molecule has 0 fully saturated rings. The Morgan fingerprint density at radius 2 is 2.14 bits per heavy atom. The van der Waals surface area contributed by atoms with E-state index in [2.05, 4.69) is 0 Å². The first-order chi connectivity index (χ1) is 13.4. The predicted molar refractivity (Wildman–Crippen MR) is 101 cm³/mol. The molecule has 7 nitrogen and oxygen atoms in total. The molecular formula is C20H15ClN2O5. The van der Waals surface area contributed by atoms with Crippen LogP contribution in [0.4, 0.5) is 0 Å². The van der Waals surface area contributed by atoms with Gasteiger partial charge in [-0.05, 0) is 42.8 Å². The van der Waals surface area contributed by atoms with Gasteiger partial charge in [-0.25, -0.2) is 0 Å². The van der Waals surface area contributed by atoms with Crippen molar-refractivity contribution in [3.8, 4) is 17.7 Å². The lowest BCUT2D eigenvalue weighted by atomic mass is 9.97. The molecule has 28 heavy (non-hydrogen) atoms. The number of hydrogen-bond donors (Lipinski definition) is 1. The summed E-state index contributed by atoms with van der Waals surface area (Å²) in [7, 11) is 1.45. The fourth-order valence-corrected chi connectivity index (χ4v) is 3.14. The van der Waals surface area contributed by atoms with Gasteiger partial charge in [-0.3, -0.25) is 14.2 Å². The van der Waals surface area contributed by atoms with Gasteiger partial charge in [0.05, 0.1) is 30.5 Å². The fraction of sp³-hybridized carbons (Fsp3) is 0.150. The van der Waals surface area contributed by atoms with Crippen LogP contribution in [0.15, 0.2) is 45.8 Å². The van der Waals surface area contributed by atoms with Gasteiger partial charge in [0.1, 0.15) is 23.1 Å². The van der Waals surface area contributed by atoms with E-state index in [0.29, 0.717) is 11.5 Å². The summed E-state index contributed by atoms with van der Waals surface area (Å²) in [5, 5.41) is 20.3. The Morgan fingerprint density at radius 3 is 2.71 bits per heavy atom. The summed E-state index contributed by atoms with van der Waals surface area (Å²) in [4.78, 5) is 25.7. The zero-order valence-electron chi connectivity index (χ0n) is 15.0. The number of pyridine rings is 1. The standard InChI is InChI=1S/C20H15ClN2O5/c1-11-14(9-22)19(25)23(10-13-4-3-7-28-13)20(26)17(11)18(24)12-5-6-16(27-2)15(21)8-12/h3-8,26H,10H2,1-2H3. The molecule has 3 aromatic rings. The molecular weight excluding hydrogens is 384 g/mol. The van der Waals surface area contributed by atoms with Crippen LogP contribution < -0.4 is 10.3 Å². The van der Waals surface area contributed by atoms with Gasteiger partial charge in [0.25, 0.3) is 5.56 Å². The Hall–Kier alpha value is -3.50. The smallest absolute Gasteiger partial charge is 0.271 e. The molecule has 0 radical (unpaired) electrons. The molecule has 2 heterocycles. The Balaban J connectivity index is 2.20. The van der Waals surface area contributed by atoms with E-state index in [1.54, 1.807) is 12.1 Å². The summed E-state index contributed by atoms with van der Waals surface area (Å²) >= 11 is 6.09.